The van der Waals surface area contributed by atoms with Gasteiger partial charge in [-0.25, -0.2) is 0 Å². The van der Waals surface area contributed by atoms with Crippen LogP contribution in [0.15, 0.2) is 0 Å². The first-order chi connectivity index (χ1) is 5.43. The number of rotatable bonds is 3. The molecule has 0 amide bonds. The summed E-state index contributed by atoms with van der Waals surface area (Å²) in [5, 5.41) is 18.1. The molecule has 3 nitrogen and oxygen atoms in total. The zero-order valence-electron chi connectivity index (χ0n) is 7.58. The van der Waals surface area contributed by atoms with Crippen LogP contribution in [0.1, 0.15) is 33.1 Å². The molecule has 0 aliphatic heterocycles. The maximum Gasteiger partial charge on any atom is 0.306 e. The smallest absolute Gasteiger partial charge is 0.306 e. The highest BCUT2D eigenvalue weighted by atomic mass is 16.4. The molecule has 70 valence electrons. The summed E-state index contributed by atoms with van der Waals surface area (Å²) < 4.78 is 0. The van der Waals surface area contributed by atoms with Crippen molar-refractivity contribution in [1.29, 1.82) is 0 Å². The van der Waals surface area contributed by atoms with Crippen LogP contribution >= 0.6 is 0 Å². The molecule has 0 spiro atoms. The summed E-state index contributed by atoms with van der Waals surface area (Å²) in [5.74, 6) is 0.160. The Morgan fingerprint density at radius 1 is 1.58 bits per heavy atom. The highest BCUT2D eigenvalue weighted by molar-refractivity contribution is 5.68. The average molecular weight is 172 g/mol. The molecule has 0 aromatic carbocycles. The van der Waals surface area contributed by atoms with Crippen LogP contribution in [0.3, 0.4) is 0 Å². The Labute approximate surface area is 72.4 Å². The van der Waals surface area contributed by atoms with Gasteiger partial charge >= 0.3 is 5.97 Å². The van der Waals surface area contributed by atoms with E-state index >= 15 is 0 Å². The van der Waals surface area contributed by atoms with Crippen molar-refractivity contribution in [2.45, 2.75) is 38.7 Å². The highest BCUT2D eigenvalue weighted by Crippen LogP contribution is 2.43. The minimum absolute atomic E-state index is 0.101. The Kier molecular flexibility index (Phi) is 2.42. The van der Waals surface area contributed by atoms with E-state index in [0.29, 0.717) is 24.7 Å². The van der Waals surface area contributed by atoms with E-state index in [0.717, 1.165) is 0 Å². The summed E-state index contributed by atoms with van der Waals surface area (Å²) in [6.07, 6.45) is 1.20. The van der Waals surface area contributed by atoms with Crippen LogP contribution in [-0.4, -0.2) is 21.8 Å². The molecule has 1 fully saturated rings. The largest absolute Gasteiger partial charge is 0.481 e. The SMILES string of the molecule is CC(C)C1CC(O)(CC(=O)O)C1. The molecule has 2 N–H and O–H groups in total. The lowest BCUT2D eigenvalue weighted by atomic mass is 9.65. The third-order valence-corrected chi connectivity index (χ3v) is 2.71. The summed E-state index contributed by atoms with van der Waals surface area (Å²) in [4.78, 5) is 10.3. The normalized spacial score (nSPS) is 34.8. The minimum Gasteiger partial charge on any atom is -0.481 e. The molecule has 1 aliphatic rings. The lowest BCUT2D eigenvalue weighted by Crippen LogP contribution is -2.47. The van der Waals surface area contributed by atoms with Crippen molar-refractivity contribution in [3.05, 3.63) is 0 Å². The Morgan fingerprint density at radius 2 is 2.08 bits per heavy atom. The molecule has 0 heterocycles. The fourth-order valence-corrected chi connectivity index (χ4v) is 1.81. The summed E-state index contributed by atoms with van der Waals surface area (Å²) >= 11 is 0. The number of carboxylic acid groups (broad SMARTS) is 1. The first kappa shape index (κ1) is 9.52. The van der Waals surface area contributed by atoms with Crippen molar-refractivity contribution < 1.29 is 15.0 Å². The molecule has 0 aromatic heterocycles. The average Bonchev–Trinajstić information content (AvgIpc) is 1.80. The van der Waals surface area contributed by atoms with Gasteiger partial charge in [-0.1, -0.05) is 13.8 Å². The lowest BCUT2D eigenvalue weighted by molar-refractivity contribution is -0.152. The van der Waals surface area contributed by atoms with Crippen molar-refractivity contribution in [2.75, 3.05) is 0 Å². The predicted octanol–water partition coefficient (Wildman–Crippen LogP) is 1.26. The second-order valence-corrected chi connectivity index (χ2v) is 4.21. The molecule has 0 aromatic rings. The number of aliphatic carboxylic acids is 1. The third-order valence-electron chi connectivity index (χ3n) is 2.71. The summed E-state index contributed by atoms with van der Waals surface area (Å²) in [6, 6.07) is 0. The van der Waals surface area contributed by atoms with Gasteiger partial charge in [0, 0.05) is 0 Å². The van der Waals surface area contributed by atoms with Crippen molar-refractivity contribution in [3.8, 4) is 0 Å². The van der Waals surface area contributed by atoms with E-state index in [9.17, 15) is 9.90 Å². The van der Waals surface area contributed by atoms with Crippen molar-refractivity contribution in [1.82, 2.24) is 0 Å². The van der Waals surface area contributed by atoms with Crippen molar-refractivity contribution in [2.24, 2.45) is 11.8 Å². The van der Waals surface area contributed by atoms with E-state index in [1.807, 2.05) is 0 Å². The van der Waals surface area contributed by atoms with Crippen LogP contribution in [0.25, 0.3) is 0 Å². The van der Waals surface area contributed by atoms with Gasteiger partial charge in [-0.15, -0.1) is 0 Å². The van der Waals surface area contributed by atoms with E-state index in [1.54, 1.807) is 0 Å². The van der Waals surface area contributed by atoms with Gasteiger partial charge in [-0.3, -0.25) is 4.79 Å². The van der Waals surface area contributed by atoms with Gasteiger partial charge in [-0.05, 0) is 24.7 Å². The van der Waals surface area contributed by atoms with E-state index in [-0.39, 0.29) is 6.42 Å². The molecule has 0 atom stereocenters. The monoisotopic (exact) mass is 172 g/mol. The fourth-order valence-electron chi connectivity index (χ4n) is 1.81. The van der Waals surface area contributed by atoms with E-state index < -0.39 is 11.6 Å². The van der Waals surface area contributed by atoms with Gasteiger partial charge in [0.15, 0.2) is 0 Å². The van der Waals surface area contributed by atoms with Gasteiger partial charge in [0.25, 0.3) is 0 Å². The maximum atomic E-state index is 10.3. The van der Waals surface area contributed by atoms with Crippen LogP contribution in [0.2, 0.25) is 0 Å². The van der Waals surface area contributed by atoms with Crippen molar-refractivity contribution >= 4 is 5.97 Å². The van der Waals surface area contributed by atoms with E-state index in [2.05, 4.69) is 13.8 Å². The molecule has 12 heavy (non-hydrogen) atoms. The molecule has 1 saturated carbocycles. The van der Waals surface area contributed by atoms with Crippen LogP contribution in [0.5, 0.6) is 0 Å². The number of hydrogen-bond acceptors (Lipinski definition) is 2. The molecule has 0 radical (unpaired) electrons. The zero-order valence-corrected chi connectivity index (χ0v) is 7.58. The van der Waals surface area contributed by atoms with Crippen molar-refractivity contribution in [3.63, 3.8) is 0 Å². The van der Waals surface area contributed by atoms with E-state index in [1.165, 1.54) is 0 Å². The van der Waals surface area contributed by atoms with Crippen LogP contribution < -0.4 is 0 Å². The van der Waals surface area contributed by atoms with E-state index in [4.69, 9.17) is 5.11 Å². The molecule has 0 bridgehead atoms. The maximum absolute atomic E-state index is 10.3. The molecule has 0 saturated heterocycles. The quantitative estimate of drug-likeness (QED) is 0.673. The van der Waals surface area contributed by atoms with Crippen LogP contribution in [0, 0.1) is 11.8 Å². The Balaban J connectivity index is 2.35. The summed E-state index contributed by atoms with van der Waals surface area (Å²) in [6.45, 7) is 4.20. The minimum atomic E-state index is -0.903. The Bertz CT molecular complexity index is 180. The Morgan fingerprint density at radius 3 is 2.42 bits per heavy atom. The second-order valence-electron chi connectivity index (χ2n) is 4.21. The van der Waals surface area contributed by atoms with Gasteiger partial charge in [0.1, 0.15) is 0 Å². The summed E-state index contributed by atoms with van der Waals surface area (Å²) in [7, 11) is 0. The first-order valence-corrected chi connectivity index (χ1v) is 4.37. The third kappa shape index (κ3) is 1.97. The first-order valence-electron chi connectivity index (χ1n) is 4.37. The van der Waals surface area contributed by atoms with Gasteiger partial charge < -0.3 is 10.2 Å². The number of carboxylic acids is 1. The number of aliphatic hydroxyl groups is 1. The standard InChI is InChI=1S/C9H16O3/c1-6(2)7-3-9(12,4-7)5-8(10)11/h6-7,12H,3-5H2,1-2H3,(H,10,11). The molecule has 1 rings (SSSR count). The fraction of sp³-hybridized carbons (Fsp3) is 0.889. The zero-order chi connectivity index (χ0) is 9.35. The number of carbonyl (C=O) groups is 1. The molecule has 3 heteroatoms. The van der Waals surface area contributed by atoms with Gasteiger partial charge in [0.05, 0.1) is 12.0 Å². The molecule has 0 unspecified atom stereocenters. The lowest BCUT2D eigenvalue weighted by Gasteiger charge is -2.44. The Hall–Kier alpha value is -0.570. The topological polar surface area (TPSA) is 57.5 Å². The highest BCUT2D eigenvalue weighted by Gasteiger charge is 2.44. The van der Waals surface area contributed by atoms with Gasteiger partial charge in [-0.2, -0.15) is 0 Å². The molecular formula is C9H16O3. The van der Waals surface area contributed by atoms with Gasteiger partial charge in [0.2, 0.25) is 0 Å². The molecule has 1 aliphatic carbocycles. The summed E-state index contributed by atoms with van der Waals surface area (Å²) in [5.41, 5.74) is -0.902. The van der Waals surface area contributed by atoms with Crippen LogP contribution in [0.4, 0.5) is 0 Å². The number of hydrogen-bond donors (Lipinski definition) is 2. The second kappa shape index (κ2) is 3.05. The molecular weight excluding hydrogens is 156 g/mol. The predicted molar refractivity (Wildman–Crippen MR) is 44.8 cm³/mol. The van der Waals surface area contributed by atoms with Crippen LogP contribution in [-0.2, 0) is 4.79 Å².